The van der Waals surface area contributed by atoms with Gasteiger partial charge >= 0.3 is 0 Å². The van der Waals surface area contributed by atoms with E-state index in [1.54, 1.807) is 12.4 Å². The highest BCUT2D eigenvalue weighted by Crippen LogP contribution is 2.04. The van der Waals surface area contributed by atoms with Crippen LogP contribution in [-0.2, 0) is 6.42 Å². The zero-order valence-corrected chi connectivity index (χ0v) is 8.07. The van der Waals surface area contributed by atoms with E-state index in [-0.39, 0.29) is 5.78 Å². The predicted octanol–water partition coefficient (Wildman–Crippen LogP) is 1.36. The third kappa shape index (κ3) is 2.00. The largest absolute Gasteiger partial charge is 0.292 e. The number of hydrogen-bond donors (Lipinski definition) is 0. The predicted molar refractivity (Wildman–Crippen MR) is 52.2 cm³/mol. The summed E-state index contributed by atoms with van der Waals surface area (Å²) in [5.41, 5.74) is 1.32. The molecular weight excluding hydrogens is 198 g/mol. The van der Waals surface area contributed by atoms with Gasteiger partial charge in [0.05, 0.1) is 17.9 Å². The van der Waals surface area contributed by atoms with E-state index in [1.165, 1.54) is 6.20 Å². The smallest absolute Gasteiger partial charge is 0.188 e. The molecule has 0 N–H and O–H groups in total. The minimum absolute atomic E-state index is 0.0215. The third-order valence-electron chi connectivity index (χ3n) is 1.73. The maximum Gasteiger partial charge on any atom is 0.188 e. The maximum atomic E-state index is 11.6. The molecule has 0 saturated heterocycles. The van der Waals surface area contributed by atoms with E-state index in [0.717, 1.165) is 17.3 Å². The van der Waals surface area contributed by atoms with Crippen molar-refractivity contribution < 1.29 is 4.79 Å². The number of pyridine rings is 1. The molecule has 0 aliphatic heterocycles. The van der Waals surface area contributed by atoms with Gasteiger partial charge in [-0.1, -0.05) is 6.07 Å². The Kier molecular flexibility index (Phi) is 2.60. The summed E-state index contributed by atoms with van der Waals surface area (Å²) in [6.07, 6.45) is 5.18. The van der Waals surface area contributed by atoms with Gasteiger partial charge in [0, 0.05) is 18.8 Å². The van der Waals surface area contributed by atoms with E-state index in [2.05, 4.69) is 13.7 Å². The quantitative estimate of drug-likeness (QED) is 0.710. The zero-order chi connectivity index (χ0) is 9.80. The van der Waals surface area contributed by atoms with Crippen LogP contribution < -0.4 is 0 Å². The van der Waals surface area contributed by atoms with Gasteiger partial charge in [-0.05, 0) is 11.6 Å². The van der Waals surface area contributed by atoms with E-state index in [9.17, 15) is 4.79 Å². The molecule has 0 bridgehead atoms. The van der Waals surface area contributed by atoms with E-state index in [0.29, 0.717) is 12.1 Å². The average Bonchev–Trinajstić information content (AvgIpc) is 2.72. The van der Waals surface area contributed by atoms with Crippen molar-refractivity contribution in [3.63, 3.8) is 0 Å². The van der Waals surface area contributed by atoms with Crippen molar-refractivity contribution in [2.24, 2.45) is 0 Å². The van der Waals surface area contributed by atoms with Gasteiger partial charge in [-0.2, -0.15) is 8.75 Å². The van der Waals surface area contributed by atoms with Gasteiger partial charge < -0.3 is 0 Å². The molecule has 14 heavy (non-hydrogen) atoms. The molecule has 0 spiro atoms. The Morgan fingerprint density at radius 1 is 1.43 bits per heavy atom. The summed E-state index contributed by atoms with van der Waals surface area (Å²) in [4.78, 5) is 15.5. The molecule has 70 valence electrons. The minimum Gasteiger partial charge on any atom is -0.292 e. The number of hydrogen-bond acceptors (Lipinski definition) is 5. The Bertz CT molecular complexity index is 413. The normalized spacial score (nSPS) is 10.0. The van der Waals surface area contributed by atoms with Gasteiger partial charge in [-0.3, -0.25) is 9.78 Å². The fourth-order valence-electron chi connectivity index (χ4n) is 1.07. The van der Waals surface area contributed by atoms with Crippen LogP contribution in [0.3, 0.4) is 0 Å². The second kappa shape index (κ2) is 4.06. The van der Waals surface area contributed by atoms with Crippen LogP contribution in [0, 0.1) is 0 Å². The molecule has 0 unspecified atom stereocenters. The number of carbonyl (C=O) groups excluding carboxylic acids is 1. The molecule has 0 saturated carbocycles. The van der Waals surface area contributed by atoms with Gasteiger partial charge in [-0.15, -0.1) is 0 Å². The molecule has 2 aromatic heterocycles. The maximum absolute atomic E-state index is 11.6. The van der Waals surface area contributed by atoms with E-state index in [4.69, 9.17) is 0 Å². The second-order valence-electron chi connectivity index (χ2n) is 2.75. The number of rotatable bonds is 3. The molecule has 0 aromatic carbocycles. The summed E-state index contributed by atoms with van der Waals surface area (Å²) in [6, 6.07) is 3.67. The van der Waals surface area contributed by atoms with Crippen LogP contribution in [0.5, 0.6) is 0 Å². The summed E-state index contributed by atoms with van der Waals surface area (Å²) < 4.78 is 7.65. The van der Waals surface area contributed by atoms with Crippen molar-refractivity contribution in [2.75, 3.05) is 0 Å². The highest BCUT2D eigenvalue weighted by molar-refractivity contribution is 6.99. The molecule has 2 rings (SSSR count). The molecule has 0 amide bonds. The van der Waals surface area contributed by atoms with Gasteiger partial charge in [0.2, 0.25) is 0 Å². The molecular formula is C9H7N3OS. The number of ketones is 1. The zero-order valence-electron chi connectivity index (χ0n) is 7.25. The topological polar surface area (TPSA) is 55.7 Å². The van der Waals surface area contributed by atoms with Crippen LogP contribution in [0.4, 0.5) is 0 Å². The Balaban J connectivity index is 2.10. The molecule has 0 aliphatic rings. The standard InChI is InChI=1S/C9H7N3OS/c13-9(8-6-11-14-12-8)4-7-2-1-3-10-5-7/h1-3,5-6H,4H2. The highest BCUT2D eigenvalue weighted by atomic mass is 32.1. The van der Waals surface area contributed by atoms with Gasteiger partial charge in [-0.25, -0.2) is 0 Å². The van der Waals surface area contributed by atoms with E-state index >= 15 is 0 Å². The third-order valence-corrected chi connectivity index (χ3v) is 2.21. The van der Waals surface area contributed by atoms with Crippen LogP contribution in [0.2, 0.25) is 0 Å². The number of aromatic nitrogens is 3. The molecule has 5 heteroatoms. The van der Waals surface area contributed by atoms with Crippen LogP contribution in [-0.4, -0.2) is 19.5 Å². The lowest BCUT2D eigenvalue weighted by Gasteiger charge is -1.95. The van der Waals surface area contributed by atoms with Crippen LogP contribution in [0.25, 0.3) is 0 Å². The number of Topliss-reactive ketones (excluding diaryl/α,β-unsaturated/α-hetero) is 1. The SMILES string of the molecule is O=C(Cc1cccnc1)c1cnsn1. The van der Waals surface area contributed by atoms with Crippen molar-refractivity contribution in [1.29, 1.82) is 0 Å². The monoisotopic (exact) mass is 205 g/mol. The first kappa shape index (κ1) is 8.96. The molecule has 0 fully saturated rings. The van der Waals surface area contributed by atoms with Gasteiger partial charge in [0.25, 0.3) is 0 Å². The van der Waals surface area contributed by atoms with Crippen LogP contribution in [0.1, 0.15) is 16.1 Å². The fraction of sp³-hybridized carbons (Fsp3) is 0.111. The van der Waals surface area contributed by atoms with Crippen LogP contribution >= 0.6 is 11.7 Å². The Morgan fingerprint density at radius 3 is 3.00 bits per heavy atom. The first-order valence-electron chi connectivity index (χ1n) is 4.06. The first-order valence-corrected chi connectivity index (χ1v) is 4.79. The number of carbonyl (C=O) groups is 1. The summed E-state index contributed by atoms with van der Waals surface area (Å²) in [5.74, 6) is -0.0215. The molecule has 0 atom stereocenters. The number of nitrogens with zero attached hydrogens (tertiary/aromatic N) is 3. The van der Waals surface area contributed by atoms with Crippen molar-refractivity contribution in [3.8, 4) is 0 Å². The van der Waals surface area contributed by atoms with Gasteiger partial charge in [0.15, 0.2) is 5.78 Å². The summed E-state index contributed by atoms with van der Waals surface area (Å²) in [5, 5.41) is 0. The second-order valence-corrected chi connectivity index (χ2v) is 3.31. The van der Waals surface area contributed by atoms with Crippen molar-refractivity contribution in [1.82, 2.24) is 13.7 Å². The molecule has 4 nitrogen and oxygen atoms in total. The Labute approximate surface area is 85.0 Å². The molecule has 0 radical (unpaired) electrons. The molecule has 2 aromatic rings. The van der Waals surface area contributed by atoms with E-state index in [1.807, 2.05) is 12.1 Å². The van der Waals surface area contributed by atoms with Crippen LogP contribution in [0.15, 0.2) is 30.7 Å². The average molecular weight is 205 g/mol. The summed E-state index contributed by atoms with van der Waals surface area (Å²) >= 11 is 1.04. The Morgan fingerprint density at radius 2 is 2.36 bits per heavy atom. The van der Waals surface area contributed by atoms with Crippen molar-refractivity contribution in [3.05, 3.63) is 42.0 Å². The Hall–Kier alpha value is -1.62. The highest BCUT2D eigenvalue weighted by Gasteiger charge is 2.09. The summed E-state index contributed by atoms with van der Waals surface area (Å²) in [7, 11) is 0. The first-order chi connectivity index (χ1) is 6.86. The van der Waals surface area contributed by atoms with Crippen molar-refractivity contribution in [2.45, 2.75) is 6.42 Å². The lowest BCUT2D eigenvalue weighted by atomic mass is 10.1. The lowest BCUT2D eigenvalue weighted by Crippen LogP contribution is -2.03. The minimum atomic E-state index is -0.0215. The van der Waals surface area contributed by atoms with E-state index < -0.39 is 0 Å². The fourth-order valence-corrected chi connectivity index (χ4v) is 1.50. The lowest BCUT2D eigenvalue weighted by molar-refractivity contribution is 0.0989. The summed E-state index contributed by atoms with van der Waals surface area (Å²) in [6.45, 7) is 0. The van der Waals surface area contributed by atoms with Crippen molar-refractivity contribution >= 4 is 17.5 Å². The molecule has 2 heterocycles. The molecule has 0 aliphatic carbocycles. The van der Waals surface area contributed by atoms with Gasteiger partial charge in [0.1, 0.15) is 5.69 Å².